The van der Waals surface area contributed by atoms with Gasteiger partial charge >= 0.3 is 6.03 Å². The number of benzene rings is 3. The van der Waals surface area contributed by atoms with Crippen molar-refractivity contribution in [1.82, 2.24) is 20.4 Å². The minimum Gasteiger partial charge on any atom is -0.497 e. The molecule has 0 saturated carbocycles. The Kier molecular flexibility index (Phi) is 6.64. The SMILES string of the molecule is COc1ccc(C2NC(=O)N(Cc3cccc(OC)c3)C(C)=C2c2nc(-c3cccc(C)c3)no2)cc1. The summed E-state index contributed by atoms with van der Waals surface area (Å²) < 4.78 is 16.5. The fourth-order valence-electron chi connectivity index (χ4n) is 4.48. The Morgan fingerprint density at radius 3 is 2.43 bits per heavy atom. The van der Waals surface area contributed by atoms with Crippen LogP contribution < -0.4 is 14.8 Å². The maximum absolute atomic E-state index is 13.4. The Morgan fingerprint density at radius 2 is 1.70 bits per heavy atom. The zero-order valence-corrected chi connectivity index (χ0v) is 21.2. The summed E-state index contributed by atoms with van der Waals surface area (Å²) in [5, 5.41) is 7.39. The normalized spacial score (nSPS) is 15.5. The molecule has 1 atom stereocenters. The number of aromatic nitrogens is 2. The third-order valence-corrected chi connectivity index (χ3v) is 6.45. The summed E-state index contributed by atoms with van der Waals surface area (Å²) in [5.74, 6) is 2.30. The molecular weight excluding hydrogens is 468 g/mol. The highest BCUT2D eigenvalue weighted by molar-refractivity contribution is 5.87. The van der Waals surface area contributed by atoms with Gasteiger partial charge in [-0.2, -0.15) is 4.98 Å². The number of nitrogens with zero attached hydrogens (tertiary/aromatic N) is 3. The van der Waals surface area contributed by atoms with Gasteiger partial charge in [0.15, 0.2) is 0 Å². The number of hydrogen-bond donors (Lipinski definition) is 1. The van der Waals surface area contributed by atoms with E-state index in [0.717, 1.165) is 45.0 Å². The molecular formula is C29H28N4O4. The zero-order valence-electron chi connectivity index (χ0n) is 21.2. The fourth-order valence-corrected chi connectivity index (χ4v) is 4.48. The van der Waals surface area contributed by atoms with Crippen molar-refractivity contribution in [3.63, 3.8) is 0 Å². The molecule has 0 fully saturated rings. The van der Waals surface area contributed by atoms with E-state index in [1.165, 1.54) is 0 Å². The molecule has 1 unspecified atom stereocenters. The summed E-state index contributed by atoms with van der Waals surface area (Å²) in [6, 6.07) is 22.5. The van der Waals surface area contributed by atoms with E-state index in [4.69, 9.17) is 19.0 Å². The summed E-state index contributed by atoms with van der Waals surface area (Å²) >= 11 is 0. The average molecular weight is 497 g/mol. The van der Waals surface area contributed by atoms with E-state index in [1.54, 1.807) is 19.1 Å². The van der Waals surface area contributed by atoms with E-state index in [1.807, 2.05) is 86.6 Å². The lowest BCUT2D eigenvalue weighted by atomic mass is 9.94. The van der Waals surface area contributed by atoms with Crippen molar-refractivity contribution in [3.05, 3.63) is 101 Å². The first-order valence-corrected chi connectivity index (χ1v) is 11.9. The van der Waals surface area contributed by atoms with Crippen LogP contribution >= 0.6 is 0 Å². The lowest BCUT2D eigenvalue weighted by Gasteiger charge is -2.35. The number of allylic oxidation sites excluding steroid dienone is 1. The van der Waals surface area contributed by atoms with Crippen LogP contribution in [0.2, 0.25) is 0 Å². The van der Waals surface area contributed by atoms with E-state index >= 15 is 0 Å². The zero-order chi connectivity index (χ0) is 25.9. The number of carbonyl (C=O) groups is 1. The van der Waals surface area contributed by atoms with Crippen molar-refractivity contribution in [2.45, 2.75) is 26.4 Å². The van der Waals surface area contributed by atoms with Gasteiger partial charge in [-0.25, -0.2) is 4.79 Å². The Morgan fingerprint density at radius 1 is 0.946 bits per heavy atom. The van der Waals surface area contributed by atoms with Crippen LogP contribution in [-0.2, 0) is 6.54 Å². The molecule has 2 amide bonds. The van der Waals surface area contributed by atoms with Crippen LogP contribution in [0.15, 0.2) is 83.0 Å². The molecule has 37 heavy (non-hydrogen) atoms. The average Bonchev–Trinajstić information content (AvgIpc) is 3.41. The number of aryl methyl sites for hydroxylation is 1. The molecule has 0 radical (unpaired) electrons. The number of carbonyl (C=O) groups excluding carboxylic acids is 1. The van der Waals surface area contributed by atoms with E-state index in [2.05, 4.69) is 10.5 Å². The standard InChI is InChI=1S/C29H28N4O4/c1-18-7-5-9-22(15-18)27-31-28(37-32-27)25-19(2)33(17-20-8-6-10-24(16-20)36-4)29(34)30-26(25)21-11-13-23(35-3)14-12-21/h5-16,26H,17H2,1-4H3,(H,30,34). The number of amides is 2. The van der Waals surface area contributed by atoms with E-state index in [-0.39, 0.29) is 6.03 Å². The lowest BCUT2D eigenvalue weighted by Crippen LogP contribution is -2.45. The molecule has 1 N–H and O–H groups in total. The molecule has 4 aromatic rings. The van der Waals surface area contributed by atoms with E-state index in [9.17, 15) is 4.79 Å². The number of nitrogens with one attached hydrogen (secondary N) is 1. The van der Waals surface area contributed by atoms with Gasteiger partial charge in [0.05, 0.1) is 32.4 Å². The van der Waals surface area contributed by atoms with Gasteiger partial charge in [0, 0.05) is 11.3 Å². The van der Waals surface area contributed by atoms with Gasteiger partial charge in [-0.05, 0) is 55.3 Å². The second-order valence-corrected chi connectivity index (χ2v) is 8.89. The molecule has 3 aromatic carbocycles. The molecule has 1 aliphatic heterocycles. The summed E-state index contributed by atoms with van der Waals surface area (Å²) in [5.41, 5.74) is 5.24. The number of ether oxygens (including phenoxy) is 2. The molecule has 2 heterocycles. The van der Waals surface area contributed by atoms with Crippen LogP contribution in [0, 0.1) is 6.92 Å². The molecule has 8 heteroatoms. The molecule has 188 valence electrons. The van der Waals surface area contributed by atoms with Crippen molar-refractivity contribution in [1.29, 1.82) is 0 Å². The Bertz CT molecular complexity index is 1460. The largest absolute Gasteiger partial charge is 0.497 e. The topological polar surface area (TPSA) is 89.7 Å². The molecule has 0 bridgehead atoms. The van der Waals surface area contributed by atoms with Crippen LogP contribution in [0.25, 0.3) is 17.0 Å². The van der Waals surface area contributed by atoms with Crippen molar-refractivity contribution >= 4 is 11.6 Å². The van der Waals surface area contributed by atoms with Gasteiger partial charge < -0.3 is 19.3 Å². The minimum atomic E-state index is -0.481. The number of rotatable bonds is 7. The van der Waals surface area contributed by atoms with Crippen LogP contribution in [-0.4, -0.2) is 35.3 Å². The highest BCUT2D eigenvalue weighted by Crippen LogP contribution is 2.38. The molecule has 5 rings (SSSR count). The third-order valence-electron chi connectivity index (χ3n) is 6.45. The highest BCUT2D eigenvalue weighted by atomic mass is 16.5. The van der Waals surface area contributed by atoms with Crippen molar-refractivity contribution in [2.75, 3.05) is 14.2 Å². The maximum atomic E-state index is 13.4. The maximum Gasteiger partial charge on any atom is 0.322 e. The summed E-state index contributed by atoms with van der Waals surface area (Å²) in [4.78, 5) is 19.8. The highest BCUT2D eigenvalue weighted by Gasteiger charge is 2.36. The quantitative estimate of drug-likeness (QED) is 0.350. The molecule has 0 saturated heterocycles. The van der Waals surface area contributed by atoms with Gasteiger partial charge in [-0.1, -0.05) is 53.2 Å². The molecule has 0 aliphatic carbocycles. The summed E-state index contributed by atoms with van der Waals surface area (Å²) in [6.07, 6.45) is 0. The molecule has 8 nitrogen and oxygen atoms in total. The molecule has 1 aliphatic rings. The summed E-state index contributed by atoms with van der Waals surface area (Å²) in [7, 11) is 3.24. The van der Waals surface area contributed by atoms with Gasteiger partial charge in [-0.3, -0.25) is 4.90 Å². The number of methoxy groups -OCH3 is 2. The summed E-state index contributed by atoms with van der Waals surface area (Å²) in [6.45, 7) is 4.28. The van der Waals surface area contributed by atoms with Crippen LogP contribution in [0.5, 0.6) is 11.5 Å². The van der Waals surface area contributed by atoms with Gasteiger partial charge in [-0.15, -0.1) is 0 Å². The van der Waals surface area contributed by atoms with Crippen LogP contribution in [0.1, 0.15) is 35.5 Å². The Balaban J connectivity index is 1.59. The van der Waals surface area contributed by atoms with Crippen LogP contribution in [0.3, 0.4) is 0 Å². The van der Waals surface area contributed by atoms with Gasteiger partial charge in [0.1, 0.15) is 11.5 Å². The first-order chi connectivity index (χ1) is 18.0. The lowest BCUT2D eigenvalue weighted by molar-refractivity contribution is 0.203. The molecule has 0 spiro atoms. The number of urea groups is 1. The van der Waals surface area contributed by atoms with Crippen molar-refractivity contribution in [3.8, 4) is 22.9 Å². The predicted octanol–water partition coefficient (Wildman–Crippen LogP) is 5.76. The fraction of sp³-hybridized carbons (Fsp3) is 0.207. The van der Waals surface area contributed by atoms with Crippen molar-refractivity contribution in [2.24, 2.45) is 0 Å². The minimum absolute atomic E-state index is 0.219. The first kappa shape index (κ1) is 24.1. The number of hydrogen-bond acceptors (Lipinski definition) is 6. The Hall–Kier alpha value is -4.59. The van der Waals surface area contributed by atoms with E-state index in [0.29, 0.717) is 18.3 Å². The van der Waals surface area contributed by atoms with E-state index < -0.39 is 6.04 Å². The second kappa shape index (κ2) is 10.2. The smallest absolute Gasteiger partial charge is 0.322 e. The second-order valence-electron chi connectivity index (χ2n) is 8.89. The Labute approximate surface area is 215 Å². The monoisotopic (exact) mass is 496 g/mol. The van der Waals surface area contributed by atoms with Crippen LogP contribution in [0.4, 0.5) is 4.79 Å². The van der Waals surface area contributed by atoms with Gasteiger partial charge in [0.2, 0.25) is 5.82 Å². The first-order valence-electron chi connectivity index (χ1n) is 11.9. The molecule has 1 aromatic heterocycles. The van der Waals surface area contributed by atoms with Crippen molar-refractivity contribution < 1.29 is 18.8 Å². The van der Waals surface area contributed by atoms with Gasteiger partial charge in [0.25, 0.3) is 5.89 Å². The predicted molar refractivity (Wildman–Crippen MR) is 140 cm³/mol. The third kappa shape index (κ3) is 4.91.